The molecular weight excluding hydrogens is 384 g/mol. The number of carbonyl (C=O) groups excluding carboxylic acids is 2. The number of halogens is 2. The molecule has 0 aliphatic rings. The van der Waals surface area contributed by atoms with E-state index in [1.54, 1.807) is 6.07 Å². The maximum atomic E-state index is 13.6. The van der Waals surface area contributed by atoms with E-state index in [0.29, 0.717) is 18.1 Å². The summed E-state index contributed by atoms with van der Waals surface area (Å²) >= 11 is 0. The smallest absolute Gasteiger partial charge is 0.339 e. The molecule has 1 unspecified atom stereocenters. The Morgan fingerprint density at radius 3 is 2.55 bits per heavy atom. The van der Waals surface area contributed by atoms with E-state index in [2.05, 4.69) is 5.32 Å². The molecule has 29 heavy (non-hydrogen) atoms. The van der Waals surface area contributed by atoms with Crippen LogP contribution in [0, 0.1) is 11.6 Å². The number of methoxy groups -OCH3 is 1. The lowest BCUT2D eigenvalue weighted by Crippen LogP contribution is -2.30. The van der Waals surface area contributed by atoms with Gasteiger partial charge in [-0.25, -0.2) is 13.6 Å². The molecule has 1 atom stereocenters. The van der Waals surface area contributed by atoms with Gasteiger partial charge in [-0.05, 0) is 43.7 Å². The Morgan fingerprint density at radius 1 is 1.10 bits per heavy atom. The molecule has 0 radical (unpaired) electrons. The molecule has 1 N–H and O–H groups in total. The van der Waals surface area contributed by atoms with Crippen molar-refractivity contribution in [3.05, 3.63) is 53.6 Å². The number of hydrogen-bond donors (Lipinski definition) is 1. The number of hydrogen-bond acceptors (Lipinski definition) is 5. The maximum Gasteiger partial charge on any atom is 0.339 e. The Balaban J connectivity index is 2.02. The van der Waals surface area contributed by atoms with Crippen LogP contribution in [0.5, 0.6) is 11.5 Å². The first kappa shape index (κ1) is 22.1. The first-order valence-electron chi connectivity index (χ1n) is 9.13. The summed E-state index contributed by atoms with van der Waals surface area (Å²) in [6.07, 6.45) is 0.620. The second-order valence-corrected chi connectivity index (χ2v) is 6.23. The molecule has 0 spiro atoms. The van der Waals surface area contributed by atoms with Gasteiger partial charge in [-0.15, -0.1) is 0 Å². The molecule has 0 saturated carbocycles. The topological polar surface area (TPSA) is 73.9 Å². The first-order valence-corrected chi connectivity index (χ1v) is 9.13. The predicted molar refractivity (Wildman–Crippen MR) is 103 cm³/mol. The third-order valence-electron chi connectivity index (χ3n) is 3.99. The summed E-state index contributed by atoms with van der Waals surface area (Å²) in [6.45, 7) is 3.88. The lowest BCUT2D eigenvalue weighted by atomic mass is 10.2. The molecular formula is C21H23F2NO5. The molecule has 0 fully saturated rings. The SMILES string of the molecule is CCCCOc1ccc(C(=O)OC(C)C(=O)Nc2cc(F)ccc2F)cc1OC. The van der Waals surface area contributed by atoms with E-state index >= 15 is 0 Å². The fourth-order valence-corrected chi connectivity index (χ4v) is 2.35. The number of benzene rings is 2. The lowest BCUT2D eigenvalue weighted by Gasteiger charge is -2.15. The standard InChI is InChI=1S/C21H23F2NO5/c1-4-5-10-28-18-9-6-14(11-19(18)27-3)21(26)29-13(2)20(25)24-17-12-15(22)7-8-16(17)23/h6-9,11-13H,4-5,10H2,1-3H3,(H,24,25). The molecule has 8 heteroatoms. The average Bonchev–Trinajstić information content (AvgIpc) is 2.70. The zero-order valence-corrected chi connectivity index (χ0v) is 16.5. The molecule has 0 aromatic heterocycles. The summed E-state index contributed by atoms with van der Waals surface area (Å²) in [6, 6.07) is 7.17. The van der Waals surface area contributed by atoms with Crippen molar-refractivity contribution >= 4 is 17.6 Å². The second kappa shape index (κ2) is 10.4. The van der Waals surface area contributed by atoms with E-state index in [1.165, 1.54) is 26.2 Å². The number of anilines is 1. The van der Waals surface area contributed by atoms with Gasteiger partial charge in [0.1, 0.15) is 11.6 Å². The number of esters is 1. The first-order chi connectivity index (χ1) is 13.8. The number of rotatable bonds is 9. The Bertz CT molecular complexity index is 872. The molecule has 2 aromatic carbocycles. The molecule has 1 amide bonds. The quantitative estimate of drug-likeness (QED) is 0.495. The van der Waals surface area contributed by atoms with E-state index in [4.69, 9.17) is 14.2 Å². The van der Waals surface area contributed by atoms with E-state index in [0.717, 1.165) is 31.0 Å². The van der Waals surface area contributed by atoms with Gasteiger partial charge in [0.25, 0.3) is 5.91 Å². The second-order valence-electron chi connectivity index (χ2n) is 6.23. The van der Waals surface area contributed by atoms with Gasteiger partial charge in [-0.1, -0.05) is 13.3 Å². The lowest BCUT2D eigenvalue weighted by molar-refractivity contribution is -0.123. The van der Waals surface area contributed by atoms with E-state index in [-0.39, 0.29) is 11.3 Å². The van der Waals surface area contributed by atoms with Gasteiger partial charge in [0.05, 0.1) is 25.0 Å². The highest BCUT2D eigenvalue weighted by Gasteiger charge is 2.21. The van der Waals surface area contributed by atoms with E-state index in [9.17, 15) is 18.4 Å². The molecule has 0 aliphatic carbocycles. The Hall–Kier alpha value is -3.16. The number of amides is 1. The van der Waals surface area contributed by atoms with Crippen molar-refractivity contribution < 1.29 is 32.6 Å². The van der Waals surface area contributed by atoms with Crippen LogP contribution in [0.25, 0.3) is 0 Å². The van der Waals surface area contributed by atoms with Crippen LogP contribution >= 0.6 is 0 Å². The van der Waals surface area contributed by atoms with Crippen LogP contribution in [0.1, 0.15) is 37.0 Å². The summed E-state index contributed by atoms with van der Waals surface area (Å²) in [4.78, 5) is 24.5. The van der Waals surface area contributed by atoms with Crippen LogP contribution < -0.4 is 14.8 Å². The minimum Gasteiger partial charge on any atom is -0.493 e. The highest BCUT2D eigenvalue weighted by Crippen LogP contribution is 2.28. The van der Waals surface area contributed by atoms with Gasteiger partial charge >= 0.3 is 5.97 Å². The Labute approximate surface area is 167 Å². The predicted octanol–water partition coefficient (Wildman–Crippen LogP) is 4.34. The summed E-state index contributed by atoms with van der Waals surface area (Å²) in [5.41, 5.74) is -0.186. The fraction of sp³-hybridized carbons (Fsp3) is 0.333. The minimum atomic E-state index is -1.24. The molecule has 0 bridgehead atoms. The van der Waals surface area contributed by atoms with Crippen LogP contribution in [0.4, 0.5) is 14.5 Å². The molecule has 0 aliphatic heterocycles. The van der Waals surface area contributed by atoms with Gasteiger partial charge in [-0.2, -0.15) is 0 Å². The molecule has 0 saturated heterocycles. The molecule has 0 heterocycles. The number of ether oxygens (including phenoxy) is 3. The molecule has 156 valence electrons. The van der Waals surface area contributed by atoms with Crippen LogP contribution in [0.2, 0.25) is 0 Å². The van der Waals surface area contributed by atoms with Gasteiger partial charge in [0.2, 0.25) is 0 Å². The fourth-order valence-electron chi connectivity index (χ4n) is 2.35. The zero-order valence-electron chi connectivity index (χ0n) is 16.5. The minimum absolute atomic E-state index is 0.154. The van der Waals surface area contributed by atoms with Crippen molar-refractivity contribution in [3.8, 4) is 11.5 Å². The Morgan fingerprint density at radius 2 is 1.86 bits per heavy atom. The molecule has 6 nitrogen and oxygen atoms in total. The van der Waals surface area contributed by atoms with E-state index in [1.807, 2.05) is 6.92 Å². The number of carbonyl (C=O) groups is 2. The van der Waals surface area contributed by atoms with Gasteiger partial charge in [0, 0.05) is 6.07 Å². The molecule has 2 rings (SSSR count). The third kappa shape index (κ3) is 6.17. The van der Waals surface area contributed by atoms with Crippen molar-refractivity contribution in [1.82, 2.24) is 0 Å². The summed E-state index contributed by atoms with van der Waals surface area (Å²) in [5, 5.41) is 2.19. The van der Waals surface area contributed by atoms with E-state index < -0.39 is 29.6 Å². The van der Waals surface area contributed by atoms with Crippen molar-refractivity contribution in [2.45, 2.75) is 32.8 Å². The third-order valence-corrected chi connectivity index (χ3v) is 3.99. The van der Waals surface area contributed by atoms with Crippen LogP contribution in [-0.4, -0.2) is 31.7 Å². The number of nitrogens with one attached hydrogen (secondary N) is 1. The van der Waals surface area contributed by atoms with Crippen LogP contribution in [0.3, 0.4) is 0 Å². The highest BCUT2D eigenvalue weighted by molar-refractivity contribution is 5.97. The van der Waals surface area contributed by atoms with Crippen LogP contribution in [0.15, 0.2) is 36.4 Å². The summed E-state index contributed by atoms with van der Waals surface area (Å²) in [5.74, 6) is -2.24. The highest BCUT2D eigenvalue weighted by atomic mass is 19.1. The van der Waals surface area contributed by atoms with Gasteiger partial charge in [0.15, 0.2) is 17.6 Å². The maximum absolute atomic E-state index is 13.6. The van der Waals surface area contributed by atoms with Crippen molar-refractivity contribution in [2.75, 3.05) is 19.0 Å². The van der Waals surface area contributed by atoms with Crippen molar-refractivity contribution in [2.24, 2.45) is 0 Å². The van der Waals surface area contributed by atoms with Gasteiger partial charge in [-0.3, -0.25) is 4.79 Å². The normalized spacial score (nSPS) is 11.5. The van der Waals surface area contributed by atoms with Crippen LogP contribution in [-0.2, 0) is 9.53 Å². The summed E-state index contributed by atoms with van der Waals surface area (Å²) in [7, 11) is 1.45. The Kier molecular flexibility index (Phi) is 7.94. The monoisotopic (exact) mass is 407 g/mol. The average molecular weight is 407 g/mol. The largest absolute Gasteiger partial charge is 0.493 e. The molecule has 2 aromatic rings. The number of unbranched alkanes of at least 4 members (excludes halogenated alkanes) is 1. The van der Waals surface area contributed by atoms with Crippen molar-refractivity contribution in [3.63, 3.8) is 0 Å². The summed E-state index contributed by atoms with van der Waals surface area (Å²) < 4.78 is 42.8. The van der Waals surface area contributed by atoms with Gasteiger partial charge < -0.3 is 19.5 Å². The van der Waals surface area contributed by atoms with Crippen molar-refractivity contribution in [1.29, 1.82) is 0 Å². The zero-order chi connectivity index (χ0) is 21.4.